The molecule has 3 N–H and O–H groups in total. The summed E-state index contributed by atoms with van der Waals surface area (Å²) >= 11 is 0. The zero-order valence-corrected chi connectivity index (χ0v) is 11.1. The molecule has 1 aromatic rings. The molecule has 0 aliphatic heterocycles. The summed E-state index contributed by atoms with van der Waals surface area (Å²) in [6, 6.07) is 7.83. The lowest BCUT2D eigenvalue weighted by Crippen LogP contribution is -2.35. The quantitative estimate of drug-likeness (QED) is 0.767. The Hall–Kier alpha value is -1.55. The fraction of sp³-hybridized carbons (Fsp3) is 0.500. The van der Waals surface area contributed by atoms with Crippen molar-refractivity contribution >= 4 is 5.91 Å². The normalized spacial score (nSPS) is 11.9. The SMILES string of the molecule is CCC(CN)C(=O)NCCc1ccccc1OC. The molecular formula is C14H22N2O2. The van der Waals surface area contributed by atoms with Crippen molar-refractivity contribution in [2.75, 3.05) is 20.2 Å². The molecule has 1 aromatic carbocycles. The summed E-state index contributed by atoms with van der Waals surface area (Å²) in [4.78, 5) is 11.7. The highest BCUT2D eigenvalue weighted by Crippen LogP contribution is 2.17. The maximum absolute atomic E-state index is 11.7. The number of ether oxygens (including phenoxy) is 1. The van der Waals surface area contributed by atoms with E-state index in [1.165, 1.54) is 0 Å². The third-order valence-electron chi connectivity index (χ3n) is 3.03. The van der Waals surface area contributed by atoms with Crippen molar-refractivity contribution in [2.24, 2.45) is 11.7 Å². The van der Waals surface area contributed by atoms with Gasteiger partial charge < -0.3 is 15.8 Å². The van der Waals surface area contributed by atoms with Gasteiger partial charge in [-0.3, -0.25) is 4.79 Å². The number of nitrogens with one attached hydrogen (secondary N) is 1. The number of para-hydroxylation sites is 1. The molecular weight excluding hydrogens is 228 g/mol. The van der Waals surface area contributed by atoms with Crippen LogP contribution >= 0.6 is 0 Å². The van der Waals surface area contributed by atoms with Crippen LogP contribution in [0.25, 0.3) is 0 Å². The van der Waals surface area contributed by atoms with Crippen LogP contribution < -0.4 is 15.8 Å². The van der Waals surface area contributed by atoms with Crippen molar-refractivity contribution in [2.45, 2.75) is 19.8 Å². The van der Waals surface area contributed by atoms with Gasteiger partial charge in [-0.2, -0.15) is 0 Å². The lowest BCUT2D eigenvalue weighted by Gasteiger charge is -2.13. The predicted molar refractivity (Wildman–Crippen MR) is 72.5 cm³/mol. The van der Waals surface area contributed by atoms with Crippen LogP contribution in [0.5, 0.6) is 5.75 Å². The first-order valence-corrected chi connectivity index (χ1v) is 6.32. The van der Waals surface area contributed by atoms with E-state index in [0.717, 1.165) is 24.2 Å². The van der Waals surface area contributed by atoms with Crippen LogP contribution in [0.1, 0.15) is 18.9 Å². The Morgan fingerprint density at radius 3 is 2.78 bits per heavy atom. The number of hydrogen-bond donors (Lipinski definition) is 2. The molecule has 1 rings (SSSR count). The highest BCUT2D eigenvalue weighted by molar-refractivity contribution is 5.78. The molecule has 1 amide bonds. The molecule has 0 aromatic heterocycles. The highest BCUT2D eigenvalue weighted by atomic mass is 16.5. The summed E-state index contributed by atoms with van der Waals surface area (Å²) in [5.74, 6) is 0.815. The number of carbonyl (C=O) groups is 1. The van der Waals surface area contributed by atoms with Crippen LogP contribution in [0.4, 0.5) is 0 Å². The average Bonchev–Trinajstić information content (AvgIpc) is 2.40. The third-order valence-corrected chi connectivity index (χ3v) is 3.03. The Bertz CT molecular complexity index is 376. The molecule has 0 aliphatic rings. The molecule has 0 aliphatic carbocycles. The zero-order valence-electron chi connectivity index (χ0n) is 11.1. The maximum Gasteiger partial charge on any atom is 0.224 e. The van der Waals surface area contributed by atoms with Gasteiger partial charge in [-0.1, -0.05) is 25.1 Å². The molecule has 1 unspecified atom stereocenters. The minimum absolute atomic E-state index is 0.0369. The van der Waals surface area contributed by atoms with E-state index >= 15 is 0 Å². The van der Waals surface area contributed by atoms with Gasteiger partial charge in [0.15, 0.2) is 0 Å². The van der Waals surface area contributed by atoms with Gasteiger partial charge in [0.1, 0.15) is 5.75 Å². The van der Waals surface area contributed by atoms with E-state index in [1.807, 2.05) is 31.2 Å². The molecule has 0 spiro atoms. The standard InChI is InChI=1S/C14H22N2O2/c1-3-11(10-15)14(17)16-9-8-12-6-4-5-7-13(12)18-2/h4-7,11H,3,8-10,15H2,1-2H3,(H,16,17). The number of hydrogen-bond acceptors (Lipinski definition) is 3. The lowest BCUT2D eigenvalue weighted by atomic mass is 10.1. The van der Waals surface area contributed by atoms with Gasteiger partial charge in [0.25, 0.3) is 0 Å². The van der Waals surface area contributed by atoms with Crippen molar-refractivity contribution in [1.29, 1.82) is 0 Å². The summed E-state index contributed by atoms with van der Waals surface area (Å²) in [5.41, 5.74) is 6.63. The number of methoxy groups -OCH3 is 1. The largest absolute Gasteiger partial charge is 0.496 e. The summed E-state index contributed by atoms with van der Waals surface area (Å²) in [7, 11) is 1.65. The first kappa shape index (κ1) is 14.5. The number of rotatable bonds is 7. The first-order valence-electron chi connectivity index (χ1n) is 6.32. The van der Waals surface area contributed by atoms with Crippen LogP contribution in [0, 0.1) is 5.92 Å². The van der Waals surface area contributed by atoms with E-state index in [2.05, 4.69) is 5.32 Å². The zero-order chi connectivity index (χ0) is 13.4. The number of carbonyl (C=O) groups excluding carboxylic acids is 1. The molecule has 0 fully saturated rings. The minimum Gasteiger partial charge on any atom is -0.496 e. The predicted octanol–water partition coefficient (Wildman–Crippen LogP) is 1.34. The van der Waals surface area contributed by atoms with Crippen molar-refractivity contribution < 1.29 is 9.53 Å². The van der Waals surface area contributed by atoms with Crippen molar-refractivity contribution in [3.05, 3.63) is 29.8 Å². The third kappa shape index (κ3) is 4.04. The van der Waals surface area contributed by atoms with E-state index in [1.54, 1.807) is 7.11 Å². The van der Waals surface area contributed by atoms with Crippen molar-refractivity contribution in [3.8, 4) is 5.75 Å². The fourth-order valence-electron chi connectivity index (χ4n) is 1.83. The van der Waals surface area contributed by atoms with E-state index in [0.29, 0.717) is 13.1 Å². The van der Waals surface area contributed by atoms with Crippen LogP contribution in [0.2, 0.25) is 0 Å². The fourth-order valence-corrected chi connectivity index (χ4v) is 1.83. The molecule has 18 heavy (non-hydrogen) atoms. The lowest BCUT2D eigenvalue weighted by molar-refractivity contribution is -0.124. The van der Waals surface area contributed by atoms with Crippen molar-refractivity contribution in [3.63, 3.8) is 0 Å². The van der Waals surface area contributed by atoms with E-state index in [9.17, 15) is 4.79 Å². The van der Waals surface area contributed by atoms with Gasteiger partial charge in [0.05, 0.1) is 7.11 Å². The van der Waals surface area contributed by atoms with Gasteiger partial charge in [-0.25, -0.2) is 0 Å². The molecule has 0 saturated heterocycles. The van der Waals surface area contributed by atoms with Gasteiger partial charge in [0, 0.05) is 19.0 Å². The molecule has 1 atom stereocenters. The van der Waals surface area contributed by atoms with Gasteiger partial charge in [0.2, 0.25) is 5.91 Å². The number of amides is 1. The van der Waals surface area contributed by atoms with E-state index < -0.39 is 0 Å². The second kappa shape index (κ2) is 7.71. The monoisotopic (exact) mass is 250 g/mol. The molecule has 4 nitrogen and oxygen atoms in total. The Kier molecular flexibility index (Phi) is 6.22. The van der Waals surface area contributed by atoms with Crippen LogP contribution in [-0.4, -0.2) is 26.1 Å². The second-order valence-electron chi connectivity index (χ2n) is 4.19. The van der Waals surface area contributed by atoms with Crippen LogP contribution in [0.15, 0.2) is 24.3 Å². The Morgan fingerprint density at radius 2 is 2.17 bits per heavy atom. The summed E-state index contributed by atoms with van der Waals surface area (Å²) in [6.07, 6.45) is 1.54. The van der Waals surface area contributed by atoms with E-state index in [-0.39, 0.29) is 11.8 Å². The topological polar surface area (TPSA) is 64.4 Å². The summed E-state index contributed by atoms with van der Waals surface area (Å²) < 4.78 is 5.26. The molecule has 0 bridgehead atoms. The Balaban J connectivity index is 2.44. The number of nitrogens with two attached hydrogens (primary N) is 1. The number of benzene rings is 1. The van der Waals surface area contributed by atoms with Gasteiger partial charge in [-0.05, 0) is 24.5 Å². The van der Waals surface area contributed by atoms with Gasteiger partial charge in [-0.15, -0.1) is 0 Å². The summed E-state index contributed by atoms with van der Waals surface area (Å²) in [6.45, 7) is 2.98. The molecule has 4 heteroatoms. The average molecular weight is 250 g/mol. The first-order chi connectivity index (χ1) is 8.72. The molecule has 0 saturated carbocycles. The minimum atomic E-state index is -0.0809. The Morgan fingerprint density at radius 1 is 1.44 bits per heavy atom. The molecule has 0 radical (unpaired) electrons. The van der Waals surface area contributed by atoms with Crippen molar-refractivity contribution in [1.82, 2.24) is 5.32 Å². The van der Waals surface area contributed by atoms with E-state index in [4.69, 9.17) is 10.5 Å². The van der Waals surface area contributed by atoms with Crippen LogP contribution in [0.3, 0.4) is 0 Å². The summed E-state index contributed by atoms with van der Waals surface area (Å²) in [5, 5.41) is 2.91. The highest BCUT2D eigenvalue weighted by Gasteiger charge is 2.13. The maximum atomic E-state index is 11.7. The van der Waals surface area contributed by atoms with Gasteiger partial charge >= 0.3 is 0 Å². The smallest absolute Gasteiger partial charge is 0.224 e. The Labute approximate surface area is 109 Å². The molecule has 0 heterocycles. The van der Waals surface area contributed by atoms with Crippen LogP contribution in [-0.2, 0) is 11.2 Å². The second-order valence-corrected chi connectivity index (χ2v) is 4.19. The molecule has 100 valence electrons.